The fourth-order valence-electron chi connectivity index (χ4n) is 1.38. The number of halogens is 2. The fraction of sp³-hybridized carbons (Fsp3) is 0.111. The Kier molecular flexibility index (Phi) is 1.92. The lowest BCUT2D eigenvalue weighted by molar-refractivity contribution is 0.0680. The number of fused-ring (bicyclic) bond motifs is 1. The summed E-state index contributed by atoms with van der Waals surface area (Å²) in [6.45, 7) is 0. The van der Waals surface area contributed by atoms with E-state index in [-0.39, 0.29) is 16.9 Å². The number of hydrogen-bond donors (Lipinski definition) is 1. The first-order chi connectivity index (χ1) is 7.00. The zero-order valence-corrected chi connectivity index (χ0v) is 7.66. The van der Waals surface area contributed by atoms with Gasteiger partial charge in [0, 0.05) is 19.2 Å². The second-order valence-corrected chi connectivity index (χ2v) is 3.05. The van der Waals surface area contributed by atoms with Crippen LogP contribution in [0.2, 0.25) is 0 Å². The first kappa shape index (κ1) is 9.57. The molecule has 2 rings (SSSR count). The summed E-state index contributed by atoms with van der Waals surface area (Å²) >= 11 is 0. The van der Waals surface area contributed by atoms with Crippen molar-refractivity contribution in [2.24, 2.45) is 7.05 Å². The van der Waals surface area contributed by atoms with Gasteiger partial charge in [-0.1, -0.05) is 0 Å². The van der Waals surface area contributed by atoms with Crippen molar-refractivity contribution in [1.82, 2.24) is 9.55 Å². The van der Waals surface area contributed by atoms with Gasteiger partial charge in [0.05, 0.1) is 11.0 Å². The van der Waals surface area contributed by atoms with Crippen molar-refractivity contribution >= 4 is 17.0 Å². The summed E-state index contributed by atoms with van der Waals surface area (Å²) in [6.07, 6.45) is 0. The molecule has 0 aliphatic heterocycles. The summed E-state index contributed by atoms with van der Waals surface area (Å²) in [6, 6.07) is 1.79. The molecule has 1 heterocycles. The molecule has 0 aliphatic rings. The zero-order valence-electron chi connectivity index (χ0n) is 7.66. The highest BCUT2D eigenvalue weighted by molar-refractivity contribution is 5.89. The molecule has 0 saturated heterocycles. The predicted molar refractivity (Wildman–Crippen MR) is 47.6 cm³/mol. The number of benzene rings is 1. The lowest BCUT2D eigenvalue weighted by atomic mass is 10.3. The van der Waals surface area contributed by atoms with E-state index in [1.165, 1.54) is 11.6 Å². The number of aryl methyl sites for hydroxylation is 1. The van der Waals surface area contributed by atoms with Crippen LogP contribution in [0.4, 0.5) is 8.78 Å². The van der Waals surface area contributed by atoms with Gasteiger partial charge in [-0.05, 0) is 0 Å². The summed E-state index contributed by atoms with van der Waals surface area (Å²) in [4.78, 5) is 14.4. The van der Waals surface area contributed by atoms with E-state index in [2.05, 4.69) is 4.98 Å². The number of rotatable bonds is 1. The monoisotopic (exact) mass is 212 g/mol. The van der Waals surface area contributed by atoms with Crippen molar-refractivity contribution < 1.29 is 18.7 Å². The van der Waals surface area contributed by atoms with Gasteiger partial charge in [0.25, 0.3) is 0 Å². The molecular weight excluding hydrogens is 206 g/mol. The molecule has 15 heavy (non-hydrogen) atoms. The average molecular weight is 212 g/mol. The molecule has 0 aliphatic carbocycles. The van der Waals surface area contributed by atoms with Crippen molar-refractivity contribution in [1.29, 1.82) is 0 Å². The smallest absolute Gasteiger partial charge is 0.372 e. The second-order valence-electron chi connectivity index (χ2n) is 3.05. The van der Waals surface area contributed by atoms with E-state index in [1.54, 1.807) is 0 Å². The van der Waals surface area contributed by atoms with Crippen LogP contribution >= 0.6 is 0 Å². The van der Waals surface area contributed by atoms with E-state index in [9.17, 15) is 13.6 Å². The lowest BCUT2D eigenvalue weighted by Crippen LogP contribution is -2.05. The summed E-state index contributed by atoms with van der Waals surface area (Å²) in [5.74, 6) is -3.57. The lowest BCUT2D eigenvalue weighted by Gasteiger charge is -1.97. The van der Waals surface area contributed by atoms with Crippen molar-refractivity contribution in [3.05, 3.63) is 29.6 Å². The summed E-state index contributed by atoms with van der Waals surface area (Å²) in [7, 11) is 1.43. The molecule has 6 heteroatoms. The van der Waals surface area contributed by atoms with Crippen LogP contribution in [0.25, 0.3) is 11.0 Å². The quantitative estimate of drug-likeness (QED) is 0.780. The van der Waals surface area contributed by atoms with Crippen LogP contribution in [0.3, 0.4) is 0 Å². The predicted octanol–water partition coefficient (Wildman–Crippen LogP) is 1.55. The molecule has 0 atom stereocenters. The van der Waals surface area contributed by atoms with Gasteiger partial charge in [0.2, 0.25) is 5.82 Å². The van der Waals surface area contributed by atoms with E-state index in [4.69, 9.17) is 5.11 Å². The topological polar surface area (TPSA) is 55.1 Å². The summed E-state index contributed by atoms with van der Waals surface area (Å²) in [5, 5.41) is 8.73. The van der Waals surface area contributed by atoms with E-state index < -0.39 is 17.6 Å². The minimum atomic E-state index is -1.24. The Balaban J connectivity index is 2.83. The van der Waals surface area contributed by atoms with Gasteiger partial charge in [-0.15, -0.1) is 0 Å². The van der Waals surface area contributed by atoms with E-state index in [0.717, 1.165) is 12.1 Å². The molecule has 0 amide bonds. The Morgan fingerprint density at radius 3 is 2.60 bits per heavy atom. The third-order valence-corrected chi connectivity index (χ3v) is 2.11. The van der Waals surface area contributed by atoms with Crippen LogP contribution < -0.4 is 0 Å². The molecule has 0 saturated carbocycles. The number of nitrogens with zero attached hydrogens (tertiary/aromatic N) is 2. The number of aromatic carboxylic acids is 1. The molecule has 0 bridgehead atoms. The van der Waals surface area contributed by atoms with E-state index in [1.807, 2.05) is 0 Å². The number of carboxylic acids is 1. The van der Waals surface area contributed by atoms with Crippen molar-refractivity contribution in [3.63, 3.8) is 0 Å². The number of carboxylic acid groups (broad SMARTS) is 1. The number of aromatic nitrogens is 2. The highest BCUT2D eigenvalue weighted by Crippen LogP contribution is 2.18. The molecule has 1 N–H and O–H groups in total. The highest BCUT2D eigenvalue weighted by atomic mass is 19.2. The van der Waals surface area contributed by atoms with Crippen LogP contribution in [0, 0.1) is 11.6 Å². The van der Waals surface area contributed by atoms with Gasteiger partial charge in [-0.2, -0.15) is 0 Å². The van der Waals surface area contributed by atoms with Gasteiger partial charge < -0.3 is 9.67 Å². The molecule has 0 unspecified atom stereocenters. The van der Waals surface area contributed by atoms with Gasteiger partial charge in [0.1, 0.15) is 0 Å². The third-order valence-electron chi connectivity index (χ3n) is 2.11. The SMILES string of the molecule is Cn1c(C(=O)O)nc2cc(F)c(F)cc21. The Morgan fingerprint density at radius 2 is 2.00 bits per heavy atom. The van der Waals surface area contributed by atoms with Crippen LogP contribution in [-0.2, 0) is 7.05 Å². The van der Waals surface area contributed by atoms with Crippen molar-refractivity contribution in [3.8, 4) is 0 Å². The van der Waals surface area contributed by atoms with Crippen LogP contribution in [0.5, 0.6) is 0 Å². The van der Waals surface area contributed by atoms with Gasteiger partial charge >= 0.3 is 5.97 Å². The van der Waals surface area contributed by atoms with Crippen LogP contribution in [0.15, 0.2) is 12.1 Å². The van der Waals surface area contributed by atoms with Crippen molar-refractivity contribution in [2.45, 2.75) is 0 Å². The molecule has 1 aromatic heterocycles. The number of imidazole rings is 1. The molecule has 0 spiro atoms. The average Bonchev–Trinajstić information content (AvgIpc) is 2.46. The largest absolute Gasteiger partial charge is 0.475 e. The standard InChI is InChI=1S/C9H6F2N2O2/c1-13-7-3-5(11)4(10)2-6(7)12-8(13)9(14)15/h2-3H,1H3,(H,14,15). The molecule has 2 aromatic rings. The Morgan fingerprint density at radius 1 is 1.40 bits per heavy atom. The molecule has 0 radical (unpaired) electrons. The van der Waals surface area contributed by atoms with E-state index in [0.29, 0.717) is 0 Å². The molecular formula is C9H6F2N2O2. The Labute approximate surface area is 82.8 Å². The molecule has 4 nitrogen and oxygen atoms in total. The van der Waals surface area contributed by atoms with Gasteiger partial charge in [-0.25, -0.2) is 18.6 Å². The first-order valence-corrected chi connectivity index (χ1v) is 4.05. The zero-order chi connectivity index (χ0) is 11.2. The number of hydrogen-bond acceptors (Lipinski definition) is 2. The van der Waals surface area contributed by atoms with Gasteiger partial charge in [0.15, 0.2) is 11.6 Å². The van der Waals surface area contributed by atoms with Gasteiger partial charge in [-0.3, -0.25) is 0 Å². The van der Waals surface area contributed by atoms with Crippen LogP contribution in [0.1, 0.15) is 10.6 Å². The Hall–Kier alpha value is -1.98. The maximum absolute atomic E-state index is 12.9. The second kappa shape index (κ2) is 3.01. The summed E-state index contributed by atoms with van der Waals surface area (Å²) < 4.78 is 26.9. The first-order valence-electron chi connectivity index (χ1n) is 4.05. The fourth-order valence-corrected chi connectivity index (χ4v) is 1.38. The molecule has 78 valence electrons. The summed E-state index contributed by atoms with van der Waals surface area (Å²) in [5.41, 5.74) is 0.361. The van der Waals surface area contributed by atoms with Crippen LogP contribution in [-0.4, -0.2) is 20.6 Å². The van der Waals surface area contributed by atoms with E-state index >= 15 is 0 Å². The normalized spacial score (nSPS) is 10.9. The maximum atomic E-state index is 12.9. The minimum Gasteiger partial charge on any atom is -0.475 e. The highest BCUT2D eigenvalue weighted by Gasteiger charge is 2.16. The Bertz CT molecular complexity index is 563. The maximum Gasteiger partial charge on any atom is 0.372 e. The molecule has 0 fully saturated rings. The minimum absolute atomic E-state index is 0.119. The van der Waals surface area contributed by atoms with Crippen molar-refractivity contribution in [2.75, 3.05) is 0 Å². The third kappa shape index (κ3) is 1.34. The molecule has 1 aromatic carbocycles. The number of carbonyl (C=O) groups is 1.